The first-order chi connectivity index (χ1) is 14.8. The molecule has 1 saturated heterocycles. The number of benzene rings is 2. The van der Waals surface area contributed by atoms with E-state index in [9.17, 15) is 18.4 Å². The van der Waals surface area contributed by atoms with E-state index in [1.54, 1.807) is 0 Å². The third kappa shape index (κ3) is 6.15. The molecule has 1 aliphatic carbocycles. The van der Waals surface area contributed by atoms with Crippen LogP contribution in [-0.4, -0.2) is 31.3 Å². The van der Waals surface area contributed by atoms with Gasteiger partial charge in [0.1, 0.15) is 18.2 Å². The maximum absolute atomic E-state index is 13.7. The lowest BCUT2D eigenvalue weighted by atomic mass is 10.0. The highest BCUT2D eigenvalue weighted by molar-refractivity contribution is 6.31. The van der Waals surface area contributed by atoms with Crippen molar-refractivity contribution in [2.45, 2.75) is 38.2 Å². The van der Waals surface area contributed by atoms with Gasteiger partial charge >= 0.3 is 6.09 Å². The summed E-state index contributed by atoms with van der Waals surface area (Å²) >= 11 is 5.68. The average Bonchev–Trinajstić information content (AvgIpc) is 3.42. The Labute approximate surface area is 183 Å². The van der Waals surface area contributed by atoms with Gasteiger partial charge in [-0.1, -0.05) is 11.6 Å². The van der Waals surface area contributed by atoms with Gasteiger partial charge in [-0.3, -0.25) is 4.79 Å². The van der Waals surface area contributed by atoms with Crippen molar-refractivity contribution in [2.24, 2.45) is 5.73 Å². The van der Waals surface area contributed by atoms with Crippen LogP contribution in [-0.2, 0) is 22.3 Å². The number of hydrogen-bond acceptors (Lipinski definition) is 4. The molecule has 0 aromatic heterocycles. The van der Waals surface area contributed by atoms with Gasteiger partial charge in [-0.25, -0.2) is 13.6 Å². The molecule has 0 bridgehead atoms. The van der Waals surface area contributed by atoms with Crippen LogP contribution in [0.4, 0.5) is 19.3 Å². The molecule has 2 aromatic carbocycles. The standard InChI is InChI=1S/C16H12ClF2NO.C6H11NO3/c17-13-8-9(4-6-15(13)19)20-16(21)12-5-7-14(18)11-3-1-2-10(11)12;7-6(8)10-4-5-2-1-3-9-5/h4-8H,1-3H2,(H,20,21);5H,1-4H2,(H2,7,8). The smallest absolute Gasteiger partial charge is 0.404 e. The SMILES string of the molecule is NC(=O)OCC1CCCO1.O=C(Nc1ccc(F)c(Cl)c1)c1ccc(F)c2c1CCC2. The molecule has 3 N–H and O–H groups in total. The van der Waals surface area contributed by atoms with Gasteiger partial charge in [0.15, 0.2) is 0 Å². The lowest BCUT2D eigenvalue weighted by Crippen LogP contribution is -2.21. The molecule has 4 rings (SSSR count). The first kappa shape index (κ1) is 23.0. The molecule has 2 aromatic rings. The molecule has 9 heteroatoms. The molecule has 2 aliphatic rings. The van der Waals surface area contributed by atoms with Gasteiger partial charge in [-0.05, 0) is 73.6 Å². The predicted octanol–water partition coefficient (Wildman–Crippen LogP) is 4.62. The third-order valence-electron chi connectivity index (χ3n) is 5.09. The molecule has 6 nitrogen and oxygen atoms in total. The van der Waals surface area contributed by atoms with E-state index < -0.39 is 11.9 Å². The first-order valence-electron chi connectivity index (χ1n) is 9.95. The summed E-state index contributed by atoms with van der Waals surface area (Å²) in [4.78, 5) is 22.4. The van der Waals surface area contributed by atoms with Crippen LogP contribution in [0.1, 0.15) is 40.7 Å². The Morgan fingerprint density at radius 1 is 1.13 bits per heavy atom. The maximum atomic E-state index is 13.7. The van der Waals surface area contributed by atoms with E-state index >= 15 is 0 Å². The van der Waals surface area contributed by atoms with Crippen LogP contribution >= 0.6 is 11.6 Å². The van der Waals surface area contributed by atoms with Crippen LogP contribution < -0.4 is 11.1 Å². The summed E-state index contributed by atoms with van der Waals surface area (Å²) in [5.74, 6) is -1.14. The van der Waals surface area contributed by atoms with Crippen LogP contribution in [0.25, 0.3) is 0 Å². The van der Waals surface area contributed by atoms with E-state index in [4.69, 9.17) is 22.1 Å². The Bertz CT molecular complexity index is 965. The van der Waals surface area contributed by atoms with Crippen LogP contribution in [0.2, 0.25) is 5.02 Å². The number of rotatable bonds is 4. The number of primary amides is 1. The van der Waals surface area contributed by atoms with Crippen molar-refractivity contribution < 1.29 is 27.8 Å². The molecule has 1 unspecified atom stereocenters. The zero-order chi connectivity index (χ0) is 22.4. The lowest BCUT2D eigenvalue weighted by Gasteiger charge is -2.10. The maximum Gasteiger partial charge on any atom is 0.404 e. The van der Waals surface area contributed by atoms with E-state index in [0.29, 0.717) is 36.3 Å². The van der Waals surface area contributed by atoms with Crippen LogP contribution in [0, 0.1) is 11.6 Å². The quantitative estimate of drug-likeness (QED) is 0.708. The van der Waals surface area contributed by atoms with Gasteiger partial charge in [-0.2, -0.15) is 0 Å². The normalized spacial score (nSPS) is 16.8. The van der Waals surface area contributed by atoms with Crippen LogP contribution in [0.3, 0.4) is 0 Å². The number of carbonyl (C=O) groups is 2. The van der Waals surface area contributed by atoms with Gasteiger partial charge in [0, 0.05) is 17.9 Å². The van der Waals surface area contributed by atoms with Crippen molar-refractivity contribution in [2.75, 3.05) is 18.5 Å². The van der Waals surface area contributed by atoms with Crippen LogP contribution in [0.15, 0.2) is 30.3 Å². The molecule has 1 atom stereocenters. The predicted molar refractivity (Wildman–Crippen MR) is 112 cm³/mol. The Balaban J connectivity index is 0.000000229. The zero-order valence-corrected chi connectivity index (χ0v) is 17.5. The fourth-order valence-corrected chi connectivity index (χ4v) is 3.78. The molecule has 0 radical (unpaired) electrons. The van der Waals surface area contributed by atoms with Crippen molar-refractivity contribution in [3.05, 3.63) is 63.7 Å². The van der Waals surface area contributed by atoms with Gasteiger partial charge in [0.2, 0.25) is 0 Å². The fraction of sp³-hybridized carbons (Fsp3) is 0.364. The minimum Gasteiger partial charge on any atom is -0.447 e. The Morgan fingerprint density at radius 3 is 2.55 bits per heavy atom. The number of halogens is 3. The molecule has 166 valence electrons. The van der Waals surface area contributed by atoms with Crippen molar-refractivity contribution in [3.63, 3.8) is 0 Å². The fourth-order valence-electron chi connectivity index (χ4n) is 3.60. The third-order valence-corrected chi connectivity index (χ3v) is 5.37. The van der Waals surface area contributed by atoms with Crippen molar-refractivity contribution >= 4 is 29.3 Å². The van der Waals surface area contributed by atoms with Crippen molar-refractivity contribution in [1.82, 2.24) is 0 Å². The summed E-state index contributed by atoms with van der Waals surface area (Å²) in [6, 6.07) is 6.77. The number of carbonyl (C=O) groups excluding carboxylic acids is 2. The number of nitrogens with one attached hydrogen (secondary N) is 1. The summed E-state index contributed by atoms with van der Waals surface area (Å²) in [5.41, 5.74) is 7.01. The highest BCUT2D eigenvalue weighted by Gasteiger charge is 2.22. The monoisotopic (exact) mass is 452 g/mol. The lowest BCUT2D eigenvalue weighted by molar-refractivity contribution is 0.0470. The van der Waals surface area contributed by atoms with E-state index in [-0.39, 0.29) is 22.9 Å². The molecule has 2 amide bonds. The van der Waals surface area contributed by atoms with Crippen molar-refractivity contribution in [1.29, 1.82) is 0 Å². The van der Waals surface area contributed by atoms with Gasteiger partial charge in [0.25, 0.3) is 5.91 Å². The second-order valence-electron chi connectivity index (χ2n) is 7.25. The molecular weight excluding hydrogens is 430 g/mol. The van der Waals surface area contributed by atoms with Crippen molar-refractivity contribution in [3.8, 4) is 0 Å². The molecule has 0 spiro atoms. The summed E-state index contributed by atoms with van der Waals surface area (Å²) in [5, 5.41) is 2.60. The van der Waals surface area contributed by atoms with Gasteiger partial charge in [0.05, 0.1) is 11.1 Å². The van der Waals surface area contributed by atoms with E-state index in [2.05, 4.69) is 10.1 Å². The number of amides is 2. The largest absolute Gasteiger partial charge is 0.447 e. The molecule has 31 heavy (non-hydrogen) atoms. The molecular formula is C22H23ClF2N2O4. The Kier molecular flexibility index (Phi) is 7.81. The second kappa shape index (κ2) is 10.5. The summed E-state index contributed by atoms with van der Waals surface area (Å²) in [7, 11) is 0. The minimum atomic E-state index is -0.726. The summed E-state index contributed by atoms with van der Waals surface area (Å²) in [6.45, 7) is 1.07. The number of fused-ring (bicyclic) bond motifs is 1. The van der Waals surface area contributed by atoms with Gasteiger partial charge in [-0.15, -0.1) is 0 Å². The highest BCUT2D eigenvalue weighted by Crippen LogP contribution is 2.28. The first-order valence-corrected chi connectivity index (χ1v) is 10.3. The molecule has 0 saturated carbocycles. The number of anilines is 1. The number of hydrogen-bond donors (Lipinski definition) is 2. The van der Waals surface area contributed by atoms with Crippen LogP contribution in [0.5, 0.6) is 0 Å². The van der Waals surface area contributed by atoms with E-state index in [1.807, 2.05) is 0 Å². The van der Waals surface area contributed by atoms with E-state index in [1.165, 1.54) is 30.3 Å². The molecule has 1 fully saturated rings. The highest BCUT2D eigenvalue weighted by atomic mass is 35.5. The molecule has 1 heterocycles. The summed E-state index contributed by atoms with van der Waals surface area (Å²) < 4.78 is 36.5. The Hall–Kier alpha value is -2.71. The number of nitrogens with two attached hydrogens (primary N) is 1. The summed E-state index contributed by atoms with van der Waals surface area (Å²) in [6.07, 6.45) is 3.56. The molecule has 1 aliphatic heterocycles. The number of ether oxygens (including phenoxy) is 2. The van der Waals surface area contributed by atoms with E-state index in [0.717, 1.165) is 31.4 Å². The topological polar surface area (TPSA) is 90.7 Å². The average molecular weight is 453 g/mol. The second-order valence-corrected chi connectivity index (χ2v) is 7.66. The van der Waals surface area contributed by atoms with Gasteiger partial charge < -0.3 is 20.5 Å². The minimum absolute atomic E-state index is 0.0582. The zero-order valence-electron chi connectivity index (χ0n) is 16.8. The Morgan fingerprint density at radius 2 is 1.87 bits per heavy atom.